The monoisotopic (exact) mass is 627 g/mol. The molecule has 0 radical (unpaired) electrons. The summed E-state index contributed by atoms with van der Waals surface area (Å²) in [5.74, 6) is -3.59. The van der Waals surface area contributed by atoms with Gasteiger partial charge in [-0.1, -0.05) is 34.2 Å². The van der Waals surface area contributed by atoms with Gasteiger partial charge in [0.2, 0.25) is 5.91 Å². The van der Waals surface area contributed by atoms with Gasteiger partial charge in [0.1, 0.15) is 16.5 Å². The number of ether oxygens (including phenoxy) is 1. The Morgan fingerprint density at radius 2 is 2.00 bits per heavy atom. The molecule has 0 aliphatic heterocycles. The number of fused-ring (bicyclic) bond motifs is 2. The first-order valence-electron chi connectivity index (χ1n) is 11.6. The number of nitrogens with zero attached hydrogens (tertiary/aromatic N) is 2. The van der Waals surface area contributed by atoms with Crippen LogP contribution in [-0.4, -0.2) is 49.4 Å². The molecule has 198 valence electrons. The van der Waals surface area contributed by atoms with Gasteiger partial charge in [0.15, 0.2) is 14.6 Å². The highest BCUT2D eigenvalue weighted by Gasteiger charge is 2.30. The second kappa shape index (κ2) is 11.2. The zero-order valence-electron chi connectivity index (χ0n) is 20.5. The minimum Gasteiger partial charge on any atom is -0.465 e. The van der Waals surface area contributed by atoms with Crippen molar-refractivity contribution in [2.45, 2.75) is 39.7 Å². The number of benzene rings is 1. The van der Waals surface area contributed by atoms with Gasteiger partial charge in [-0.05, 0) is 55.9 Å². The molecule has 3 aromatic rings. The minimum atomic E-state index is -4.11. The van der Waals surface area contributed by atoms with Gasteiger partial charge in [0.05, 0.1) is 22.9 Å². The number of rotatable bonds is 7. The molecular weight excluding hydrogens is 602 g/mol. The topological polar surface area (TPSA) is 124 Å². The van der Waals surface area contributed by atoms with Crippen molar-refractivity contribution in [3.8, 4) is 0 Å². The van der Waals surface area contributed by atoms with Crippen LogP contribution in [0.1, 0.15) is 41.1 Å². The third-order valence-corrected chi connectivity index (χ3v) is 10.1. The maximum Gasteiger partial charge on any atom is 0.341 e. The number of sulfone groups is 1. The van der Waals surface area contributed by atoms with E-state index >= 15 is 0 Å². The van der Waals surface area contributed by atoms with Crippen molar-refractivity contribution in [2.75, 3.05) is 23.9 Å². The molecule has 37 heavy (non-hydrogen) atoms. The Morgan fingerprint density at radius 3 is 2.70 bits per heavy atom. The zero-order valence-corrected chi connectivity index (χ0v) is 24.5. The molecule has 1 atom stereocenters. The molecule has 13 heteroatoms. The van der Waals surface area contributed by atoms with Crippen LogP contribution in [0.4, 0.5) is 5.00 Å². The van der Waals surface area contributed by atoms with Crippen LogP contribution >= 0.6 is 38.6 Å². The van der Waals surface area contributed by atoms with Crippen molar-refractivity contribution in [2.24, 2.45) is 10.9 Å². The first-order valence-corrected chi connectivity index (χ1v) is 15.9. The average Bonchev–Trinajstić information content (AvgIpc) is 3.32. The fourth-order valence-corrected chi connectivity index (χ4v) is 8.43. The van der Waals surface area contributed by atoms with Crippen LogP contribution in [0, 0.1) is 5.92 Å². The molecular formula is C24H26BrN3O6S3. The molecule has 0 spiro atoms. The number of methoxy groups -OCH3 is 1. The number of thiazole rings is 1. The summed E-state index contributed by atoms with van der Waals surface area (Å²) < 4.78 is 33.9. The number of hydrogen-bond acceptors (Lipinski definition) is 8. The molecule has 1 aliphatic rings. The normalized spacial score (nSPS) is 16.0. The minimum absolute atomic E-state index is 0.280. The number of carbonyl (C=O) groups is 3. The Bertz CT molecular complexity index is 1570. The standard InChI is InChI=1S/C24H26BrN3O6S3/c1-4-28-16-8-6-14(25)10-18(16)36-24(28)27-20(30)12-37(32,33)11-19(29)26-22-21(23(31)34-3)15-7-5-13(2)9-17(15)35-22/h6,8,10,13H,4-5,7,9,11-12H2,1-3H3,(H,26,29). The van der Waals surface area contributed by atoms with E-state index in [1.54, 1.807) is 0 Å². The van der Waals surface area contributed by atoms with Crippen LogP contribution in [0.25, 0.3) is 10.2 Å². The summed E-state index contributed by atoms with van der Waals surface area (Å²) in [4.78, 5) is 43.1. The summed E-state index contributed by atoms with van der Waals surface area (Å²) in [5.41, 5.74) is 2.02. The van der Waals surface area contributed by atoms with Gasteiger partial charge in [-0.25, -0.2) is 13.2 Å². The van der Waals surface area contributed by atoms with Crippen LogP contribution in [0.15, 0.2) is 27.7 Å². The Balaban J connectivity index is 1.50. The van der Waals surface area contributed by atoms with E-state index in [0.717, 1.165) is 38.0 Å². The summed E-state index contributed by atoms with van der Waals surface area (Å²) >= 11 is 5.97. The third kappa shape index (κ3) is 6.21. The molecule has 4 rings (SSSR count). The molecule has 9 nitrogen and oxygen atoms in total. The van der Waals surface area contributed by atoms with E-state index < -0.39 is 39.1 Å². The SMILES string of the molecule is CCn1c(=NC(=O)CS(=O)(=O)CC(=O)Nc2sc3c(c2C(=O)OC)CCC(C)C3)sc2cc(Br)ccc21. The van der Waals surface area contributed by atoms with Crippen molar-refractivity contribution >= 4 is 81.4 Å². The second-order valence-electron chi connectivity index (χ2n) is 8.87. The predicted octanol–water partition coefficient (Wildman–Crippen LogP) is 3.94. The largest absolute Gasteiger partial charge is 0.465 e. The number of halogens is 1. The quantitative estimate of drug-likeness (QED) is 0.396. The maximum absolute atomic E-state index is 12.7. The molecule has 0 saturated carbocycles. The lowest BCUT2D eigenvalue weighted by molar-refractivity contribution is -0.115. The van der Waals surface area contributed by atoms with E-state index in [9.17, 15) is 22.8 Å². The lowest BCUT2D eigenvalue weighted by Crippen LogP contribution is -2.28. The molecule has 0 bridgehead atoms. The highest BCUT2D eigenvalue weighted by Crippen LogP contribution is 2.40. The Labute approximate surface area is 230 Å². The first-order chi connectivity index (χ1) is 17.5. The van der Waals surface area contributed by atoms with Crippen molar-refractivity contribution in [1.82, 2.24) is 4.57 Å². The van der Waals surface area contributed by atoms with Crippen LogP contribution in [0.2, 0.25) is 0 Å². The van der Waals surface area contributed by atoms with Crippen molar-refractivity contribution < 1.29 is 27.5 Å². The lowest BCUT2D eigenvalue weighted by Gasteiger charge is -2.18. The highest BCUT2D eigenvalue weighted by atomic mass is 79.9. The lowest BCUT2D eigenvalue weighted by atomic mass is 9.88. The van der Waals surface area contributed by atoms with E-state index in [1.807, 2.05) is 29.7 Å². The number of anilines is 1. The van der Waals surface area contributed by atoms with Gasteiger partial charge in [-0.2, -0.15) is 4.99 Å². The molecule has 0 saturated heterocycles. The smallest absolute Gasteiger partial charge is 0.341 e. The van der Waals surface area contributed by atoms with Crippen molar-refractivity contribution in [3.63, 3.8) is 0 Å². The number of aromatic nitrogens is 1. The molecule has 1 aromatic carbocycles. The third-order valence-electron chi connectivity index (χ3n) is 6.03. The van der Waals surface area contributed by atoms with E-state index in [1.165, 1.54) is 29.8 Å². The van der Waals surface area contributed by atoms with Crippen LogP contribution in [-0.2, 0) is 43.5 Å². The van der Waals surface area contributed by atoms with Crippen LogP contribution in [0.5, 0.6) is 0 Å². The maximum atomic E-state index is 12.7. The molecule has 2 amide bonds. The number of nitrogens with one attached hydrogen (secondary N) is 1. The van der Waals surface area contributed by atoms with Crippen LogP contribution < -0.4 is 10.1 Å². The molecule has 0 fully saturated rings. The highest BCUT2D eigenvalue weighted by molar-refractivity contribution is 9.10. The van der Waals surface area contributed by atoms with E-state index in [-0.39, 0.29) is 10.6 Å². The number of esters is 1. The van der Waals surface area contributed by atoms with Gasteiger partial charge in [0, 0.05) is 15.9 Å². The molecule has 1 aliphatic carbocycles. The summed E-state index contributed by atoms with van der Waals surface area (Å²) in [6, 6.07) is 5.68. The Morgan fingerprint density at radius 1 is 1.24 bits per heavy atom. The summed E-state index contributed by atoms with van der Waals surface area (Å²) in [6.45, 7) is 4.58. The Kier molecular flexibility index (Phi) is 8.36. The van der Waals surface area contributed by atoms with Gasteiger partial charge in [-0.15, -0.1) is 11.3 Å². The van der Waals surface area contributed by atoms with Gasteiger partial charge < -0.3 is 14.6 Å². The molecule has 2 aromatic heterocycles. The van der Waals surface area contributed by atoms with Gasteiger partial charge in [-0.3, -0.25) is 9.59 Å². The number of thiophene rings is 1. The second-order valence-corrected chi connectivity index (χ2v) is 14.0. The fourth-order valence-electron chi connectivity index (χ4n) is 4.34. The first kappa shape index (κ1) is 27.7. The van der Waals surface area contributed by atoms with Gasteiger partial charge >= 0.3 is 5.97 Å². The average molecular weight is 629 g/mol. The fraction of sp³-hybridized carbons (Fsp3) is 0.417. The summed E-state index contributed by atoms with van der Waals surface area (Å²) in [7, 11) is -2.84. The van der Waals surface area contributed by atoms with Gasteiger partial charge in [0.25, 0.3) is 5.91 Å². The molecule has 1 N–H and O–H groups in total. The molecule has 1 unspecified atom stereocenters. The molecule has 2 heterocycles. The van der Waals surface area contributed by atoms with E-state index in [0.29, 0.717) is 23.7 Å². The van der Waals surface area contributed by atoms with E-state index in [4.69, 9.17) is 4.74 Å². The number of aryl methyl sites for hydroxylation is 1. The predicted molar refractivity (Wildman–Crippen MR) is 148 cm³/mol. The number of amides is 2. The van der Waals surface area contributed by atoms with Crippen LogP contribution in [0.3, 0.4) is 0 Å². The Hall–Kier alpha value is -2.35. The summed E-state index contributed by atoms with van der Waals surface area (Å²) in [5, 5.41) is 2.85. The van der Waals surface area contributed by atoms with Crippen molar-refractivity contribution in [3.05, 3.63) is 43.5 Å². The van der Waals surface area contributed by atoms with E-state index in [2.05, 4.69) is 33.2 Å². The number of carbonyl (C=O) groups excluding carboxylic acids is 3. The zero-order chi connectivity index (χ0) is 26.9. The number of hydrogen-bond donors (Lipinski definition) is 1. The van der Waals surface area contributed by atoms with Crippen molar-refractivity contribution in [1.29, 1.82) is 0 Å². The summed E-state index contributed by atoms with van der Waals surface area (Å²) in [6.07, 6.45) is 2.38.